The van der Waals surface area contributed by atoms with Gasteiger partial charge in [0.25, 0.3) is 0 Å². The van der Waals surface area contributed by atoms with Crippen LogP contribution in [0.25, 0.3) is 0 Å². The number of esters is 1. The Labute approximate surface area is 253 Å². The summed E-state index contributed by atoms with van der Waals surface area (Å²) < 4.78 is 11.3. The molecule has 3 aromatic rings. The monoisotopic (exact) mass is 584 g/mol. The summed E-state index contributed by atoms with van der Waals surface area (Å²) >= 11 is 0. The van der Waals surface area contributed by atoms with Crippen LogP contribution in [0.1, 0.15) is 54.8 Å². The third-order valence-corrected chi connectivity index (χ3v) is 7.31. The van der Waals surface area contributed by atoms with Gasteiger partial charge in [-0.25, -0.2) is 0 Å². The normalized spacial score (nSPS) is 18.6. The van der Waals surface area contributed by atoms with Crippen molar-refractivity contribution >= 4 is 17.8 Å². The van der Waals surface area contributed by atoms with Crippen LogP contribution >= 0.6 is 0 Å². The van der Waals surface area contributed by atoms with E-state index in [1.165, 1.54) is 0 Å². The highest BCUT2D eigenvalue weighted by molar-refractivity contribution is 5.86. The summed E-state index contributed by atoms with van der Waals surface area (Å²) in [4.78, 5) is 38.7. The second kappa shape index (κ2) is 16.9. The van der Waals surface area contributed by atoms with Gasteiger partial charge in [-0.05, 0) is 54.5 Å². The summed E-state index contributed by atoms with van der Waals surface area (Å²) in [5.41, 5.74) is 2.83. The minimum absolute atomic E-state index is 0.0175. The van der Waals surface area contributed by atoms with Gasteiger partial charge in [-0.15, -0.1) is 0 Å². The Morgan fingerprint density at radius 3 is 2.40 bits per heavy atom. The van der Waals surface area contributed by atoms with Gasteiger partial charge >= 0.3 is 5.97 Å². The highest BCUT2D eigenvalue weighted by atomic mass is 16.5. The summed E-state index contributed by atoms with van der Waals surface area (Å²) in [5.74, 6) is -0.807. The van der Waals surface area contributed by atoms with Gasteiger partial charge in [0.05, 0.1) is 24.6 Å². The number of aliphatic hydroxyl groups is 1. The van der Waals surface area contributed by atoms with Crippen molar-refractivity contribution in [3.63, 3.8) is 0 Å². The Bertz CT molecular complexity index is 1330. The fraction of sp³-hybridized carbons (Fsp3) is 0.343. The first kappa shape index (κ1) is 31.5. The third kappa shape index (κ3) is 10.7. The standard InChI is InChI=1S/C35H40N2O6/c38-23-30(21-26-17-19-31(20-18-26)42-24-27-11-5-3-6-12-27)36-33(39)22-29-15-7-1-2-10-16-34(40)43-25-32(37-35(29)41)28-13-8-4-9-14-28/h1,3-9,11-14,17-20,29-30,32,38H,2,10,15-16,21-25H2,(H,36,39)(H,37,41)/t29-,30+,32-/m1/s1. The maximum atomic E-state index is 13.4. The maximum Gasteiger partial charge on any atom is 0.305 e. The number of cyclic esters (lactones) is 1. The lowest BCUT2D eigenvalue weighted by Gasteiger charge is -2.23. The van der Waals surface area contributed by atoms with Crippen molar-refractivity contribution in [3.8, 4) is 5.75 Å². The zero-order valence-electron chi connectivity index (χ0n) is 24.3. The summed E-state index contributed by atoms with van der Waals surface area (Å²) in [7, 11) is 0. The molecule has 1 aliphatic heterocycles. The highest BCUT2D eigenvalue weighted by Crippen LogP contribution is 2.19. The van der Waals surface area contributed by atoms with E-state index in [0.29, 0.717) is 38.7 Å². The number of hydrogen-bond donors (Lipinski definition) is 3. The Balaban J connectivity index is 1.35. The lowest BCUT2D eigenvalue weighted by Crippen LogP contribution is -2.42. The molecule has 8 nitrogen and oxygen atoms in total. The molecule has 0 saturated carbocycles. The first-order chi connectivity index (χ1) is 21.0. The van der Waals surface area contributed by atoms with Crippen molar-refractivity contribution in [3.05, 3.63) is 114 Å². The predicted molar refractivity (Wildman–Crippen MR) is 164 cm³/mol. The topological polar surface area (TPSA) is 114 Å². The maximum absolute atomic E-state index is 13.4. The van der Waals surface area contributed by atoms with Crippen LogP contribution in [0.2, 0.25) is 0 Å². The van der Waals surface area contributed by atoms with E-state index in [-0.39, 0.29) is 37.4 Å². The molecule has 8 heteroatoms. The lowest BCUT2D eigenvalue weighted by molar-refractivity contribution is -0.145. The van der Waals surface area contributed by atoms with Crippen LogP contribution < -0.4 is 15.4 Å². The molecular weight excluding hydrogens is 544 g/mol. The van der Waals surface area contributed by atoms with Gasteiger partial charge in [-0.3, -0.25) is 14.4 Å². The van der Waals surface area contributed by atoms with Gasteiger partial charge < -0.3 is 25.2 Å². The van der Waals surface area contributed by atoms with E-state index >= 15 is 0 Å². The number of carbonyl (C=O) groups excluding carboxylic acids is 3. The molecule has 0 unspecified atom stereocenters. The smallest absolute Gasteiger partial charge is 0.305 e. The van der Waals surface area contributed by atoms with Crippen molar-refractivity contribution in [1.29, 1.82) is 0 Å². The summed E-state index contributed by atoms with van der Waals surface area (Å²) in [6.45, 7) is 0.247. The molecule has 2 amide bonds. The molecule has 1 aliphatic rings. The predicted octanol–water partition coefficient (Wildman–Crippen LogP) is 4.82. The molecule has 3 atom stereocenters. The fourth-order valence-corrected chi connectivity index (χ4v) is 4.89. The molecule has 3 N–H and O–H groups in total. The van der Waals surface area contributed by atoms with Crippen LogP contribution in [-0.4, -0.2) is 42.1 Å². The van der Waals surface area contributed by atoms with Gasteiger partial charge in [0, 0.05) is 12.8 Å². The van der Waals surface area contributed by atoms with Crippen molar-refractivity contribution in [2.45, 2.75) is 57.2 Å². The SMILES string of the molecule is O=C(C[C@H]1CC=CCCCC(=O)OC[C@H](c2ccccc2)NC1=O)N[C@H](CO)Cc1ccc(OCc2ccccc2)cc1. The number of ether oxygens (including phenoxy) is 2. The molecule has 0 aromatic heterocycles. The number of amides is 2. The van der Waals surface area contributed by atoms with Crippen LogP contribution in [0.15, 0.2) is 97.1 Å². The van der Waals surface area contributed by atoms with E-state index in [9.17, 15) is 19.5 Å². The molecule has 226 valence electrons. The fourth-order valence-electron chi connectivity index (χ4n) is 4.89. The molecule has 0 bridgehead atoms. The number of benzene rings is 3. The van der Waals surface area contributed by atoms with Crippen molar-refractivity contribution in [2.75, 3.05) is 13.2 Å². The molecule has 0 saturated heterocycles. The Morgan fingerprint density at radius 1 is 0.953 bits per heavy atom. The van der Waals surface area contributed by atoms with E-state index in [1.54, 1.807) is 0 Å². The Hall–Kier alpha value is -4.43. The molecule has 43 heavy (non-hydrogen) atoms. The molecule has 0 radical (unpaired) electrons. The number of carbonyl (C=O) groups is 3. The van der Waals surface area contributed by atoms with Crippen LogP contribution in [-0.2, 0) is 32.1 Å². The summed E-state index contributed by atoms with van der Waals surface area (Å²) in [5, 5.41) is 15.9. The number of allylic oxidation sites excluding steroid dienone is 2. The summed E-state index contributed by atoms with van der Waals surface area (Å²) in [6.07, 6.45) is 6.22. The Morgan fingerprint density at radius 2 is 1.67 bits per heavy atom. The van der Waals surface area contributed by atoms with E-state index in [1.807, 2.05) is 97.1 Å². The van der Waals surface area contributed by atoms with Crippen molar-refractivity contribution in [2.24, 2.45) is 5.92 Å². The van der Waals surface area contributed by atoms with Crippen LogP contribution in [0, 0.1) is 5.92 Å². The van der Waals surface area contributed by atoms with E-state index < -0.39 is 18.0 Å². The molecule has 0 fully saturated rings. The molecule has 4 rings (SSSR count). The third-order valence-electron chi connectivity index (χ3n) is 7.31. The van der Waals surface area contributed by atoms with Crippen molar-refractivity contribution in [1.82, 2.24) is 10.6 Å². The molecule has 0 aliphatic carbocycles. The lowest BCUT2D eigenvalue weighted by atomic mass is 9.97. The minimum atomic E-state index is -0.626. The largest absolute Gasteiger partial charge is 0.489 e. The summed E-state index contributed by atoms with van der Waals surface area (Å²) in [6, 6.07) is 25.8. The van der Waals surface area contributed by atoms with Crippen LogP contribution in [0.5, 0.6) is 5.75 Å². The van der Waals surface area contributed by atoms with Gasteiger partial charge in [-0.2, -0.15) is 0 Å². The number of nitrogens with one attached hydrogen (secondary N) is 2. The zero-order chi connectivity index (χ0) is 30.3. The molecule has 0 spiro atoms. The molecule has 1 heterocycles. The highest BCUT2D eigenvalue weighted by Gasteiger charge is 2.26. The van der Waals surface area contributed by atoms with E-state index in [0.717, 1.165) is 22.4 Å². The first-order valence-electron chi connectivity index (χ1n) is 14.8. The second-order valence-electron chi connectivity index (χ2n) is 10.7. The second-order valence-corrected chi connectivity index (χ2v) is 10.7. The Kier molecular flexibility index (Phi) is 12.4. The van der Waals surface area contributed by atoms with Gasteiger partial charge in [0.15, 0.2) is 0 Å². The van der Waals surface area contributed by atoms with Gasteiger partial charge in [0.2, 0.25) is 11.8 Å². The molecular formula is C35H40N2O6. The average Bonchev–Trinajstić information content (AvgIpc) is 3.05. The molecule has 3 aromatic carbocycles. The van der Waals surface area contributed by atoms with Crippen molar-refractivity contribution < 1.29 is 29.0 Å². The first-order valence-corrected chi connectivity index (χ1v) is 14.8. The zero-order valence-corrected chi connectivity index (χ0v) is 24.3. The van der Waals surface area contributed by atoms with E-state index in [4.69, 9.17) is 9.47 Å². The quantitative estimate of drug-likeness (QED) is 0.233. The number of hydrogen-bond acceptors (Lipinski definition) is 6. The van der Waals surface area contributed by atoms with Gasteiger partial charge in [0.1, 0.15) is 19.0 Å². The van der Waals surface area contributed by atoms with Crippen LogP contribution in [0.4, 0.5) is 0 Å². The number of rotatable bonds is 10. The minimum Gasteiger partial charge on any atom is -0.489 e. The van der Waals surface area contributed by atoms with E-state index in [2.05, 4.69) is 10.6 Å². The number of aliphatic hydroxyl groups excluding tert-OH is 1. The average molecular weight is 585 g/mol. The van der Waals surface area contributed by atoms with Crippen LogP contribution in [0.3, 0.4) is 0 Å². The van der Waals surface area contributed by atoms with Gasteiger partial charge in [-0.1, -0.05) is 84.9 Å².